The molecule has 0 radical (unpaired) electrons. The first-order valence-corrected chi connectivity index (χ1v) is 8.65. The van der Waals surface area contributed by atoms with E-state index in [9.17, 15) is 4.39 Å². The Morgan fingerprint density at radius 3 is 2.32 bits per heavy atom. The van der Waals surface area contributed by atoms with E-state index in [0.717, 1.165) is 48.3 Å². The van der Waals surface area contributed by atoms with Crippen LogP contribution in [-0.4, -0.2) is 39.8 Å². The molecule has 0 amide bonds. The van der Waals surface area contributed by atoms with Crippen molar-refractivity contribution in [2.45, 2.75) is 18.9 Å². The van der Waals surface area contributed by atoms with Crippen molar-refractivity contribution in [3.05, 3.63) is 60.8 Å². The number of rotatable bonds is 3. The van der Waals surface area contributed by atoms with E-state index >= 15 is 0 Å². The van der Waals surface area contributed by atoms with Gasteiger partial charge in [0.2, 0.25) is 0 Å². The van der Waals surface area contributed by atoms with E-state index in [1.807, 2.05) is 24.3 Å². The van der Waals surface area contributed by atoms with Gasteiger partial charge in [-0.15, -0.1) is 0 Å². The van der Waals surface area contributed by atoms with Gasteiger partial charge >= 0.3 is 0 Å². The standard InChI is InChI=1S/C20H21FN4/c1-24-12-8-18(9-13-24)25-14-19(15-2-4-17(21)5-3-15)20(23-25)16-6-10-22-11-7-16/h2-7,10-11,14,18H,8-9,12-13H2,1H3. The third-order valence-corrected chi connectivity index (χ3v) is 4.90. The van der Waals surface area contributed by atoms with Gasteiger partial charge in [0.15, 0.2) is 0 Å². The van der Waals surface area contributed by atoms with E-state index in [1.165, 1.54) is 12.1 Å². The molecular formula is C20H21FN4. The van der Waals surface area contributed by atoms with Crippen molar-refractivity contribution in [1.82, 2.24) is 19.7 Å². The molecule has 1 aliphatic heterocycles. The summed E-state index contributed by atoms with van der Waals surface area (Å²) in [6, 6.07) is 11.0. The van der Waals surface area contributed by atoms with Gasteiger partial charge in [0.25, 0.3) is 0 Å². The average Bonchev–Trinajstić information content (AvgIpc) is 3.09. The molecule has 5 heteroatoms. The number of likely N-dealkylation sites (tertiary alicyclic amines) is 1. The second-order valence-electron chi connectivity index (χ2n) is 6.65. The second-order valence-corrected chi connectivity index (χ2v) is 6.65. The van der Waals surface area contributed by atoms with E-state index < -0.39 is 0 Å². The summed E-state index contributed by atoms with van der Waals surface area (Å²) < 4.78 is 15.4. The maximum absolute atomic E-state index is 13.3. The molecule has 2 aromatic heterocycles. The van der Waals surface area contributed by atoms with Crippen molar-refractivity contribution in [1.29, 1.82) is 0 Å². The lowest BCUT2D eigenvalue weighted by Crippen LogP contribution is -2.31. The average molecular weight is 336 g/mol. The van der Waals surface area contributed by atoms with Crippen molar-refractivity contribution in [2.24, 2.45) is 0 Å². The molecule has 3 heterocycles. The van der Waals surface area contributed by atoms with Gasteiger partial charge in [-0.1, -0.05) is 12.1 Å². The molecular weight excluding hydrogens is 315 g/mol. The molecule has 0 aliphatic carbocycles. The van der Waals surface area contributed by atoms with Crippen LogP contribution in [0.4, 0.5) is 4.39 Å². The van der Waals surface area contributed by atoms with Crippen LogP contribution in [0, 0.1) is 5.82 Å². The SMILES string of the molecule is CN1CCC(n2cc(-c3ccc(F)cc3)c(-c3ccncc3)n2)CC1. The molecule has 128 valence electrons. The van der Waals surface area contributed by atoms with Gasteiger partial charge < -0.3 is 4.90 Å². The minimum Gasteiger partial charge on any atom is -0.306 e. The maximum atomic E-state index is 13.3. The zero-order valence-electron chi connectivity index (χ0n) is 14.3. The molecule has 3 aromatic rings. The summed E-state index contributed by atoms with van der Waals surface area (Å²) in [4.78, 5) is 6.45. The highest BCUT2D eigenvalue weighted by Gasteiger charge is 2.22. The Hall–Kier alpha value is -2.53. The largest absolute Gasteiger partial charge is 0.306 e. The zero-order valence-corrected chi connectivity index (χ0v) is 14.3. The molecule has 1 aromatic carbocycles. The van der Waals surface area contributed by atoms with Gasteiger partial charge in [-0.2, -0.15) is 5.10 Å². The summed E-state index contributed by atoms with van der Waals surface area (Å²) in [7, 11) is 2.16. The molecule has 0 atom stereocenters. The first-order valence-electron chi connectivity index (χ1n) is 8.65. The van der Waals surface area contributed by atoms with Crippen LogP contribution in [0.1, 0.15) is 18.9 Å². The summed E-state index contributed by atoms with van der Waals surface area (Å²) in [5, 5.41) is 4.90. The predicted molar refractivity (Wildman–Crippen MR) is 96.6 cm³/mol. The van der Waals surface area contributed by atoms with Gasteiger partial charge in [0.1, 0.15) is 11.5 Å². The molecule has 4 nitrogen and oxygen atoms in total. The van der Waals surface area contributed by atoms with Gasteiger partial charge in [0.05, 0.1) is 6.04 Å². The van der Waals surface area contributed by atoms with E-state index in [-0.39, 0.29) is 5.82 Å². The monoisotopic (exact) mass is 336 g/mol. The fraction of sp³-hybridized carbons (Fsp3) is 0.300. The summed E-state index contributed by atoms with van der Waals surface area (Å²) in [5.41, 5.74) is 3.96. The Morgan fingerprint density at radius 1 is 0.960 bits per heavy atom. The molecule has 0 N–H and O–H groups in total. The first-order chi connectivity index (χ1) is 12.2. The van der Waals surface area contributed by atoms with E-state index in [4.69, 9.17) is 5.10 Å². The predicted octanol–water partition coefficient (Wildman–Crippen LogP) is 4.02. The van der Waals surface area contributed by atoms with E-state index in [0.29, 0.717) is 6.04 Å². The van der Waals surface area contributed by atoms with Crippen LogP contribution in [0.15, 0.2) is 55.0 Å². The summed E-state index contributed by atoms with van der Waals surface area (Å²) in [6.07, 6.45) is 7.85. The van der Waals surface area contributed by atoms with Crippen molar-refractivity contribution in [2.75, 3.05) is 20.1 Å². The summed E-state index contributed by atoms with van der Waals surface area (Å²) in [6.45, 7) is 2.17. The van der Waals surface area contributed by atoms with Gasteiger partial charge in [0, 0.05) is 29.7 Å². The number of benzene rings is 1. The van der Waals surface area contributed by atoms with Gasteiger partial charge in [-0.3, -0.25) is 9.67 Å². The van der Waals surface area contributed by atoms with Crippen LogP contribution in [-0.2, 0) is 0 Å². The van der Waals surface area contributed by atoms with E-state index in [1.54, 1.807) is 12.4 Å². The zero-order chi connectivity index (χ0) is 17.2. The summed E-state index contributed by atoms with van der Waals surface area (Å²) in [5.74, 6) is -0.225. The van der Waals surface area contributed by atoms with Crippen LogP contribution in [0.3, 0.4) is 0 Å². The molecule has 0 spiro atoms. The molecule has 1 aliphatic rings. The summed E-state index contributed by atoms with van der Waals surface area (Å²) >= 11 is 0. The number of aromatic nitrogens is 3. The lowest BCUT2D eigenvalue weighted by molar-refractivity contribution is 0.212. The topological polar surface area (TPSA) is 34.0 Å². The Labute approximate surface area is 146 Å². The van der Waals surface area contributed by atoms with Crippen LogP contribution in [0.2, 0.25) is 0 Å². The fourth-order valence-electron chi connectivity index (χ4n) is 3.40. The Balaban J connectivity index is 1.77. The van der Waals surface area contributed by atoms with Crippen LogP contribution in [0.5, 0.6) is 0 Å². The normalized spacial score (nSPS) is 16.2. The van der Waals surface area contributed by atoms with E-state index in [2.05, 4.69) is 27.8 Å². The molecule has 0 bridgehead atoms. The van der Waals surface area contributed by atoms with Crippen LogP contribution < -0.4 is 0 Å². The highest BCUT2D eigenvalue weighted by molar-refractivity contribution is 5.80. The molecule has 0 unspecified atom stereocenters. The maximum Gasteiger partial charge on any atom is 0.123 e. The lowest BCUT2D eigenvalue weighted by Gasteiger charge is -2.29. The smallest absolute Gasteiger partial charge is 0.123 e. The van der Waals surface area contributed by atoms with Crippen molar-refractivity contribution in [3.8, 4) is 22.4 Å². The van der Waals surface area contributed by atoms with Crippen molar-refractivity contribution >= 4 is 0 Å². The molecule has 1 saturated heterocycles. The number of piperidine rings is 1. The fourth-order valence-corrected chi connectivity index (χ4v) is 3.40. The second kappa shape index (κ2) is 6.76. The number of hydrogen-bond acceptors (Lipinski definition) is 3. The van der Waals surface area contributed by atoms with Crippen LogP contribution in [0.25, 0.3) is 22.4 Å². The number of hydrogen-bond donors (Lipinski definition) is 0. The molecule has 0 saturated carbocycles. The third-order valence-electron chi connectivity index (χ3n) is 4.90. The lowest BCUT2D eigenvalue weighted by atomic mass is 10.0. The number of pyridine rings is 1. The minimum absolute atomic E-state index is 0.225. The Morgan fingerprint density at radius 2 is 1.64 bits per heavy atom. The van der Waals surface area contributed by atoms with Gasteiger partial charge in [-0.05, 0) is 62.8 Å². The molecule has 1 fully saturated rings. The third kappa shape index (κ3) is 3.33. The van der Waals surface area contributed by atoms with Gasteiger partial charge in [-0.25, -0.2) is 4.39 Å². The highest BCUT2D eigenvalue weighted by Crippen LogP contribution is 2.33. The van der Waals surface area contributed by atoms with Crippen molar-refractivity contribution < 1.29 is 4.39 Å². The molecule has 25 heavy (non-hydrogen) atoms. The number of halogens is 1. The quantitative estimate of drug-likeness (QED) is 0.724. The Kier molecular flexibility index (Phi) is 4.32. The van der Waals surface area contributed by atoms with Crippen LogP contribution >= 0.6 is 0 Å². The Bertz CT molecular complexity index is 834. The highest BCUT2D eigenvalue weighted by atomic mass is 19.1. The van der Waals surface area contributed by atoms with Crippen molar-refractivity contribution in [3.63, 3.8) is 0 Å². The number of nitrogens with zero attached hydrogens (tertiary/aromatic N) is 4. The molecule has 4 rings (SSSR count). The first kappa shape index (κ1) is 16.0. The minimum atomic E-state index is -0.225.